The van der Waals surface area contributed by atoms with Crippen LogP contribution in [0.25, 0.3) is 11.5 Å². The van der Waals surface area contributed by atoms with Gasteiger partial charge in [-0.2, -0.15) is 0 Å². The monoisotopic (exact) mass is 323 g/mol. The Balaban J connectivity index is 1.77. The molecule has 23 heavy (non-hydrogen) atoms. The van der Waals surface area contributed by atoms with E-state index in [1.54, 1.807) is 12.4 Å². The summed E-state index contributed by atoms with van der Waals surface area (Å²) < 4.78 is 0. The van der Waals surface area contributed by atoms with Crippen LogP contribution < -0.4 is 0 Å². The molecule has 0 aliphatic heterocycles. The number of carboxylic acids is 1. The van der Waals surface area contributed by atoms with E-state index < -0.39 is 5.97 Å². The molecule has 0 spiro atoms. The lowest BCUT2D eigenvalue weighted by atomic mass is 10.2. The topological polar surface area (TPSA) is 76.0 Å². The average molecular weight is 323 g/mol. The number of benzene rings is 1. The average Bonchev–Trinajstić information content (AvgIpc) is 2.57. The molecule has 0 saturated carbocycles. The number of pyridine rings is 1. The minimum atomic E-state index is -0.832. The van der Waals surface area contributed by atoms with Crippen LogP contribution in [0.3, 0.4) is 0 Å². The normalized spacial score (nSPS) is 10.4. The van der Waals surface area contributed by atoms with E-state index in [-0.39, 0.29) is 6.42 Å². The van der Waals surface area contributed by atoms with Gasteiger partial charge in [-0.3, -0.25) is 9.78 Å². The molecule has 0 radical (unpaired) electrons. The van der Waals surface area contributed by atoms with Crippen molar-refractivity contribution in [2.75, 3.05) is 0 Å². The SMILES string of the molecule is O=C(O)Cc1ccc(Sc2ccnc(-c3ccccn3)n2)cc1. The Morgan fingerprint density at radius 3 is 2.52 bits per heavy atom. The van der Waals surface area contributed by atoms with Crippen LogP contribution >= 0.6 is 11.8 Å². The highest BCUT2D eigenvalue weighted by Gasteiger charge is 2.06. The molecule has 6 heteroatoms. The minimum absolute atomic E-state index is 0.0300. The van der Waals surface area contributed by atoms with E-state index in [9.17, 15) is 4.79 Å². The third kappa shape index (κ3) is 4.14. The fraction of sp³-hybridized carbons (Fsp3) is 0.0588. The van der Waals surface area contributed by atoms with Crippen LogP contribution in [-0.4, -0.2) is 26.0 Å². The Labute approximate surface area is 137 Å². The molecule has 0 bridgehead atoms. The first kappa shape index (κ1) is 15.2. The van der Waals surface area contributed by atoms with E-state index >= 15 is 0 Å². The number of aliphatic carboxylic acids is 1. The van der Waals surface area contributed by atoms with Gasteiger partial charge in [0.25, 0.3) is 0 Å². The number of carbonyl (C=O) groups is 1. The molecule has 3 rings (SSSR count). The van der Waals surface area contributed by atoms with Gasteiger partial charge in [-0.05, 0) is 35.9 Å². The lowest BCUT2D eigenvalue weighted by molar-refractivity contribution is -0.136. The van der Waals surface area contributed by atoms with Crippen molar-refractivity contribution < 1.29 is 9.90 Å². The van der Waals surface area contributed by atoms with Gasteiger partial charge in [0, 0.05) is 17.3 Å². The van der Waals surface area contributed by atoms with Gasteiger partial charge in [-0.15, -0.1) is 0 Å². The van der Waals surface area contributed by atoms with Crippen molar-refractivity contribution in [3.8, 4) is 11.5 Å². The van der Waals surface area contributed by atoms with Gasteiger partial charge in [-0.25, -0.2) is 9.97 Å². The smallest absolute Gasteiger partial charge is 0.307 e. The maximum absolute atomic E-state index is 10.7. The summed E-state index contributed by atoms with van der Waals surface area (Å²) in [5, 5.41) is 9.59. The second-order valence-electron chi connectivity index (χ2n) is 4.75. The Bertz CT molecular complexity index is 808. The van der Waals surface area contributed by atoms with Crippen molar-refractivity contribution in [2.45, 2.75) is 16.3 Å². The molecule has 0 amide bonds. The van der Waals surface area contributed by atoms with Gasteiger partial charge in [0.1, 0.15) is 10.7 Å². The number of nitrogens with zero attached hydrogens (tertiary/aromatic N) is 3. The van der Waals surface area contributed by atoms with Gasteiger partial charge in [0.05, 0.1) is 6.42 Å². The quantitative estimate of drug-likeness (QED) is 0.726. The maximum Gasteiger partial charge on any atom is 0.307 e. The predicted molar refractivity (Wildman–Crippen MR) is 87.2 cm³/mol. The van der Waals surface area contributed by atoms with Crippen LogP contribution in [0.5, 0.6) is 0 Å². The molecule has 2 aromatic heterocycles. The van der Waals surface area contributed by atoms with Crippen molar-refractivity contribution >= 4 is 17.7 Å². The molecule has 0 aliphatic rings. The van der Waals surface area contributed by atoms with Gasteiger partial charge in [0.2, 0.25) is 0 Å². The van der Waals surface area contributed by atoms with E-state index in [1.165, 1.54) is 11.8 Å². The van der Waals surface area contributed by atoms with E-state index in [1.807, 2.05) is 48.5 Å². The van der Waals surface area contributed by atoms with E-state index in [0.29, 0.717) is 5.82 Å². The first-order valence-corrected chi connectivity index (χ1v) is 7.75. The summed E-state index contributed by atoms with van der Waals surface area (Å²) >= 11 is 1.50. The third-order valence-electron chi connectivity index (χ3n) is 3.03. The van der Waals surface area contributed by atoms with Crippen molar-refractivity contribution in [1.82, 2.24) is 15.0 Å². The second-order valence-corrected chi connectivity index (χ2v) is 5.84. The fourth-order valence-electron chi connectivity index (χ4n) is 1.99. The highest BCUT2D eigenvalue weighted by molar-refractivity contribution is 7.99. The summed E-state index contributed by atoms with van der Waals surface area (Å²) in [7, 11) is 0. The molecule has 1 N–H and O–H groups in total. The first-order chi connectivity index (χ1) is 11.2. The number of hydrogen-bond acceptors (Lipinski definition) is 5. The number of rotatable bonds is 5. The zero-order chi connectivity index (χ0) is 16.1. The molecular formula is C17H13N3O2S. The molecule has 0 unspecified atom stereocenters. The van der Waals surface area contributed by atoms with E-state index in [4.69, 9.17) is 5.11 Å². The van der Waals surface area contributed by atoms with E-state index in [2.05, 4.69) is 15.0 Å². The molecule has 0 fully saturated rings. The lowest BCUT2D eigenvalue weighted by Crippen LogP contribution is -1.99. The second kappa shape index (κ2) is 7.02. The van der Waals surface area contributed by atoms with Crippen LogP contribution in [0, 0.1) is 0 Å². The minimum Gasteiger partial charge on any atom is -0.481 e. The summed E-state index contributed by atoms with van der Waals surface area (Å²) in [5.74, 6) is -0.251. The van der Waals surface area contributed by atoms with Crippen LogP contribution in [0.15, 0.2) is 70.8 Å². The largest absolute Gasteiger partial charge is 0.481 e. The standard InChI is InChI=1S/C17H13N3O2S/c21-16(22)11-12-4-6-13(7-5-12)23-15-8-10-19-17(20-15)14-3-1-2-9-18-14/h1-10H,11H2,(H,21,22). The maximum atomic E-state index is 10.7. The van der Waals surface area contributed by atoms with Crippen molar-refractivity contribution in [3.05, 3.63) is 66.5 Å². The van der Waals surface area contributed by atoms with Crippen molar-refractivity contribution in [3.63, 3.8) is 0 Å². The van der Waals surface area contributed by atoms with Crippen LogP contribution in [0.2, 0.25) is 0 Å². The van der Waals surface area contributed by atoms with Crippen molar-refractivity contribution in [1.29, 1.82) is 0 Å². The first-order valence-electron chi connectivity index (χ1n) is 6.94. The predicted octanol–water partition coefficient (Wildman–Crippen LogP) is 3.32. The third-order valence-corrected chi connectivity index (χ3v) is 3.97. The zero-order valence-corrected chi connectivity index (χ0v) is 12.9. The Morgan fingerprint density at radius 1 is 1.00 bits per heavy atom. The molecule has 0 atom stereocenters. The Hall–Kier alpha value is -2.73. The molecule has 5 nitrogen and oxygen atoms in total. The number of carboxylic acid groups (broad SMARTS) is 1. The Morgan fingerprint density at radius 2 is 1.83 bits per heavy atom. The molecule has 1 aromatic carbocycles. The highest BCUT2D eigenvalue weighted by atomic mass is 32.2. The summed E-state index contributed by atoms with van der Waals surface area (Å²) in [6.07, 6.45) is 3.44. The Kier molecular flexibility index (Phi) is 4.63. The molecule has 2 heterocycles. The van der Waals surface area contributed by atoms with Crippen molar-refractivity contribution in [2.24, 2.45) is 0 Å². The molecule has 3 aromatic rings. The number of aromatic nitrogens is 3. The van der Waals surface area contributed by atoms with Crippen LogP contribution in [0.4, 0.5) is 0 Å². The molecule has 0 saturated heterocycles. The van der Waals surface area contributed by atoms with Gasteiger partial charge in [0.15, 0.2) is 5.82 Å². The lowest BCUT2D eigenvalue weighted by Gasteiger charge is -2.04. The molecule has 0 aliphatic carbocycles. The van der Waals surface area contributed by atoms with Gasteiger partial charge >= 0.3 is 5.97 Å². The van der Waals surface area contributed by atoms with Crippen LogP contribution in [0.1, 0.15) is 5.56 Å². The summed E-state index contributed by atoms with van der Waals surface area (Å²) in [6.45, 7) is 0. The molecule has 114 valence electrons. The van der Waals surface area contributed by atoms with E-state index in [0.717, 1.165) is 21.2 Å². The zero-order valence-electron chi connectivity index (χ0n) is 12.1. The van der Waals surface area contributed by atoms with Gasteiger partial charge in [-0.1, -0.05) is 30.0 Å². The highest BCUT2D eigenvalue weighted by Crippen LogP contribution is 2.27. The molecular weight excluding hydrogens is 310 g/mol. The number of hydrogen-bond donors (Lipinski definition) is 1. The summed E-state index contributed by atoms with van der Waals surface area (Å²) in [6, 6.07) is 14.9. The summed E-state index contributed by atoms with van der Waals surface area (Å²) in [5.41, 5.74) is 1.51. The fourth-order valence-corrected chi connectivity index (χ4v) is 2.76. The van der Waals surface area contributed by atoms with Crippen LogP contribution in [-0.2, 0) is 11.2 Å². The summed E-state index contributed by atoms with van der Waals surface area (Å²) in [4.78, 5) is 24.7. The van der Waals surface area contributed by atoms with Gasteiger partial charge < -0.3 is 5.11 Å².